The molecule has 0 spiro atoms. The molecule has 8 nitrogen and oxygen atoms in total. The fourth-order valence-electron chi connectivity index (χ4n) is 4.14. The van der Waals surface area contributed by atoms with E-state index in [1.807, 2.05) is 27.0 Å². The molecule has 0 radical (unpaired) electrons. The van der Waals surface area contributed by atoms with Gasteiger partial charge in [-0.2, -0.15) is 0 Å². The molecular formula is C31H38ClN3O5S2. The Labute approximate surface area is 258 Å². The maximum atomic E-state index is 14.1. The lowest BCUT2D eigenvalue weighted by Gasteiger charge is -2.32. The van der Waals surface area contributed by atoms with E-state index in [1.165, 1.54) is 28.8 Å². The second-order valence-corrected chi connectivity index (χ2v) is 12.9. The summed E-state index contributed by atoms with van der Waals surface area (Å²) >= 11 is 7.92. The third-order valence-corrected chi connectivity index (χ3v) is 9.73. The highest BCUT2D eigenvalue weighted by Crippen LogP contribution is 2.28. The Morgan fingerprint density at radius 2 is 1.62 bits per heavy atom. The van der Waals surface area contributed by atoms with E-state index in [-0.39, 0.29) is 29.1 Å². The average molecular weight is 632 g/mol. The molecule has 0 aromatic heterocycles. The third-order valence-electron chi connectivity index (χ3n) is 6.83. The molecular weight excluding hydrogens is 594 g/mol. The Balaban J connectivity index is 2.04. The van der Waals surface area contributed by atoms with Gasteiger partial charge in [-0.1, -0.05) is 36.7 Å². The minimum Gasteiger partial charge on any atom is -0.494 e. The lowest BCUT2D eigenvalue weighted by atomic mass is 10.1. The number of ether oxygens (including phenoxy) is 1. The Kier molecular flexibility index (Phi) is 12.1. The van der Waals surface area contributed by atoms with Gasteiger partial charge in [-0.05, 0) is 93.6 Å². The first-order valence-corrected chi connectivity index (χ1v) is 16.8. The van der Waals surface area contributed by atoms with Gasteiger partial charge in [0.2, 0.25) is 11.8 Å². The van der Waals surface area contributed by atoms with Gasteiger partial charge in [0.05, 0.1) is 17.2 Å². The molecule has 0 unspecified atom stereocenters. The van der Waals surface area contributed by atoms with Crippen LogP contribution in [0, 0.1) is 0 Å². The lowest BCUT2D eigenvalue weighted by Crippen LogP contribution is -2.52. The van der Waals surface area contributed by atoms with E-state index in [1.54, 1.807) is 67.6 Å². The molecule has 0 bridgehead atoms. The van der Waals surface area contributed by atoms with Gasteiger partial charge in [0, 0.05) is 22.5 Å². The molecule has 0 aliphatic carbocycles. The average Bonchev–Trinajstić information content (AvgIpc) is 2.99. The predicted molar refractivity (Wildman–Crippen MR) is 170 cm³/mol. The van der Waals surface area contributed by atoms with Crippen molar-refractivity contribution < 1.29 is 22.7 Å². The van der Waals surface area contributed by atoms with E-state index in [0.29, 0.717) is 22.9 Å². The summed E-state index contributed by atoms with van der Waals surface area (Å²) in [5, 5.41) is 3.36. The van der Waals surface area contributed by atoms with Gasteiger partial charge in [0.15, 0.2) is 0 Å². The summed E-state index contributed by atoms with van der Waals surface area (Å²) in [4.78, 5) is 29.6. The molecule has 0 fully saturated rings. The summed E-state index contributed by atoms with van der Waals surface area (Å²) in [5.41, 5.74) is 0.925. The minimum absolute atomic E-state index is 0.0210. The van der Waals surface area contributed by atoms with Crippen molar-refractivity contribution >= 4 is 50.9 Å². The van der Waals surface area contributed by atoms with E-state index in [4.69, 9.17) is 16.3 Å². The highest BCUT2D eigenvalue weighted by atomic mass is 35.5. The fraction of sp³-hybridized carbons (Fsp3) is 0.355. The highest BCUT2D eigenvalue weighted by Gasteiger charge is 2.33. The Morgan fingerprint density at radius 1 is 0.976 bits per heavy atom. The number of nitrogens with zero attached hydrogens (tertiary/aromatic N) is 2. The van der Waals surface area contributed by atoms with Gasteiger partial charge >= 0.3 is 0 Å². The first kappa shape index (κ1) is 33.3. The van der Waals surface area contributed by atoms with Gasteiger partial charge in [-0.15, -0.1) is 11.8 Å². The number of carbonyl (C=O) groups excluding carboxylic acids is 2. The predicted octanol–water partition coefficient (Wildman–Crippen LogP) is 5.99. The molecule has 0 aliphatic rings. The summed E-state index contributed by atoms with van der Waals surface area (Å²) in [6, 6.07) is 19.1. The van der Waals surface area contributed by atoms with Crippen LogP contribution in [0.1, 0.15) is 39.7 Å². The quantitative estimate of drug-likeness (QED) is 0.220. The van der Waals surface area contributed by atoms with Crippen LogP contribution in [0.2, 0.25) is 5.02 Å². The van der Waals surface area contributed by atoms with Crippen molar-refractivity contribution in [1.82, 2.24) is 10.2 Å². The Morgan fingerprint density at radius 3 is 2.19 bits per heavy atom. The zero-order valence-corrected chi connectivity index (χ0v) is 26.9. The van der Waals surface area contributed by atoms with Gasteiger partial charge in [0.1, 0.15) is 18.3 Å². The van der Waals surface area contributed by atoms with E-state index in [9.17, 15) is 18.0 Å². The van der Waals surface area contributed by atoms with Crippen LogP contribution in [0.15, 0.2) is 82.6 Å². The third kappa shape index (κ3) is 8.42. The summed E-state index contributed by atoms with van der Waals surface area (Å²) in [7, 11) is -4.17. The molecule has 11 heteroatoms. The summed E-state index contributed by atoms with van der Waals surface area (Å²) in [5.74, 6) is -0.322. The molecule has 42 heavy (non-hydrogen) atoms. The number of sulfonamides is 1. The van der Waals surface area contributed by atoms with Crippen LogP contribution in [0.25, 0.3) is 0 Å². The number of amides is 2. The van der Waals surface area contributed by atoms with Gasteiger partial charge < -0.3 is 15.0 Å². The maximum absolute atomic E-state index is 14.1. The molecule has 0 aliphatic heterocycles. The smallest absolute Gasteiger partial charge is 0.264 e. The zero-order chi connectivity index (χ0) is 30.9. The summed E-state index contributed by atoms with van der Waals surface area (Å²) < 4.78 is 34.6. The molecule has 2 amide bonds. The first-order chi connectivity index (χ1) is 20.0. The standard InChI is InChI=1S/C31H38ClN3O5S2/c1-6-22(3)33-31(37)23(4)34(20-24-10-8-9-11-29(24)32)30(36)21-35(25-12-14-26(15-13-25)40-7-2)42(38,39)28-18-16-27(41-5)17-19-28/h8-19,22-23H,6-7,20-21H2,1-5H3,(H,33,37)/t22-,23-/m0/s1. The summed E-state index contributed by atoms with van der Waals surface area (Å²) in [6.07, 6.45) is 2.62. The van der Waals surface area contributed by atoms with E-state index in [2.05, 4.69) is 5.32 Å². The van der Waals surface area contributed by atoms with Gasteiger partial charge in [-0.25, -0.2) is 8.42 Å². The van der Waals surface area contributed by atoms with Crippen LogP contribution >= 0.6 is 23.4 Å². The number of hydrogen-bond donors (Lipinski definition) is 1. The second-order valence-electron chi connectivity index (χ2n) is 9.72. The maximum Gasteiger partial charge on any atom is 0.264 e. The molecule has 3 aromatic carbocycles. The van der Waals surface area contributed by atoms with Crippen LogP contribution in [0.4, 0.5) is 5.69 Å². The Hall–Kier alpha value is -3.21. The first-order valence-electron chi connectivity index (χ1n) is 13.7. The highest BCUT2D eigenvalue weighted by molar-refractivity contribution is 7.98. The number of nitrogens with one attached hydrogen (secondary N) is 1. The van der Waals surface area contributed by atoms with Crippen molar-refractivity contribution in [2.75, 3.05) is 23.7 Å². The van der Waals surface area contributed by atoms with Crippen LogP contribution in [0.5, 0.6) is 5.75 Å². The van der Waals surface area contributed by atoms with E-state index < -0.39 is 28.5 Å². The largest absolute Gasteiger partial charge is 0.494 e. The van der Waals surface area contributed by atoms with Gasteiger partial charge in [-0.3, -0.25) is 13.9 Å². The van der Waals surface area contributed by atoms with E-state index in [0.717, 1.165) is 15.6 Å². The number of halogens is 1. The van der Waals surface area contributed by atoms with Crippen LogP contribution in [-0.2, 0) is 26.2 Å². The van der Waals surface area contributed by atoms with Crippen LogP contribution in [0.3, 0.4) is 0 Å². The van der Waals surface area contributed by atoms with Crippen LogP contribution in [-0.4, -0.2) is 56.6 Å². The number of benzene rings is 3. The molecule has 226 valence electrons. The fourth-order valence-corrected chi connectivity index (χ4v) is 6.16. The number of carbonyl (C=O) groups is 2. The number of anilines is 1. The topological polar surface area (TPSA) is 96.0 Å². The SMILES string of the molecule is CCOc1ccc(N(CC(=O)N(Cc2ccccc2Cl)[C@@H](C)C(=O)N[C@@H](C)CC)S(=O)(=O)c2ccc(SC)cc2)cc1. The number of thioether (sulfide) groups is 1. The van der Waals surface area contributed by atoms with E-state index >= 15 is 0 Å². The van der Waals surface area contributed by atoms with Crippen LogP contribution < -0.4 is 14.4 Å². The second kappa shape index (κ2) is 15.3. The number of rotatable bonds is 14. The molecule has 3 rings (SSSR count). The molecule has 0 heterocycles. The lowest BCUT2D eigenvalue weighted by molar-refractivity contribution is -0.139. The Bertz CT molecular complexity index is 1450. The normalized spacial score (nSPS) is 12.7. The molecule has 2 atom stereocenters. The zero-order valence-electron chi connectivity index (χ0n) is 24.5. The van der Waals surface area contributed by atoms with Crippen molar-refractivity contribution in [3.63, 3.8) is 0 Å². The van der Waals surface area contributed by atoms with Crippen molar-refractivity contribution in [1.29, 1.82) is 0 Å². The molecule has 3 aromatic rings. The van der Waals surface area contributed by atoms with Gasteiger partial charge in [0.25, 0.3) is 10.0 Å². The van der Waals surface area contributed by atoms with Crippen molar-refractivity contribution in [2.24, 2.45) is 0 Å². The monoisotopic (exact) mass is 631 g/mol. The molecule has 0 saturated carbocycles. The van der Waals surface area contributed by atoms with Crippen molar-refractivity contribution in [3.8, 4) is 5.75 Å². The summed E-state index contributed by atoms with van der Waals surface area (Å²) in [6.45, 7) is 7.26. The minimum atomic E-state index is -4.17. The van der Waals surface area contributed by atoms with Crippen molar-refractivity contribution in [3.05, 3.63) is 83.4 Å². The molecule has 1 N–H and O–H groups in total. The molecule has 0 saturated heterocycles. The number of hydrogen-bond acceptors (Lipinski definition) is 6. The van der Waals surface area contributed by atoms with Crippen molar-refractivity contribution in [2.45, 2.75) is 62.5 Å².